The molecule has 2 saturated heterocycles. The Labute approximate surface area is 106 Å². The third-order valence-electron chi connectivity index (χ3n) is 5.19. The predicted octanol–water partition coefficient (Wildman–Crippen LogP) is 1.44. The monoisotopic (exact) mass is 239 g/mol. The molecule has 0 saturated carbocycles. The first-order chi connectivity index (χ1) is 8.24. The Morgan fingerprint density at radius 3 is 2.76 bits per heavy atom. The number of nitrogens with two attached hydrogens (primary N) is 1. The summed E-state index contributed by atoms with van der Waals surface area (Å²) in [6.07, 6.45) is 5.14. The summed E-state index contributed by atoms with van der Waals surface area (Å²) in [5.74, 6) is 1.61. The fourth-order valence-electron chi connectivity index (χ4n) is 3.55. The van der Waals surface area contributed by atoms with Crippen molar-refractivity contribution in [3.05, 3.63) is 0 Å². The van der Waals surface area contributed by atoms with Crippen LogP contribution < -0.4 is 11.1 Å². The van der Waals surface area contributed by atoms with Crippen LogP contribution in [0.2, 0.25) is 0 Å². The minimum absolute atomic E-state index is 0.246. The smallest absolute Gasteiger partial charge is 0.0357 e. The number of rotatable bonds is 6. The van der Waals surface area contributed by atoms with Crippen molar-refractivity contribution in [3.63, 3.8) is 0 Å². The average molecular weight is 239 g/mol. The minimum Gasteiger partial charge on any atom is -0.329 e. The zero-order chi connectivity index (χ0) is 12.3. The Bertz CT molecular complexity index is 240. The van der Waals surface area contributed by atoms with Crippen LogP contribution >= 0.6 is 0 Å². The molecule has 2 rings (SSSR count). The summed E-state index contributed by atoms with van der Waals surface area (Å²) in [5.41, 5.74) is 6.36. The van der Waals surface area contributed by atoms with E-state index in [9.17, 15) is 0 Å². The van der Waals surface area contributed by atoms with Gasteiger partial charge in [-0.25, -0.2) is 0 Å². The lowest BCUT2D eigenvalue weighted by atomic mass is 9.78. The van der Waals surface area contributed by atoms with E-state index in [1.807, 2.05) is 0 Å². The van der Waals surface area contributed by atoms with Gasteiger partial charge in [-0.2, -0.15) is 0 Å². The second-order valence-corrected chi connectivity index (χ2v) is 5.96. The lowest BCUT2D eigenvalue weighted by Crippen LogP contribution is -2.61. The van der Waals surface area contributed by atoms with Gasteiger partial charge in [0.05, 0.1) is 0 Å². The zero-order valence-corrected chi connectivity index (χ0v) is 11.5. The summed E-state index contributed by atoms with van der Waals surface area (Å²) in [6.45, 7) is 10.4. The van der Waals surface area contributed by atoms with Crippen molar-refractivity contribution in [3.8, 4) is 0 Å². The van der Waals surface area contributed by atoms with E-state index in [0.29, 0.717) is 0 Å². The highest BCUT2D eigenvalue weighted by atomic mass is 15.2. The van der Waals surface area contributed by atoms with Crippen LogP contribution in [0.15, 0.2) is 0 Å². The van der Waals surface area contributed by atoms with Crippen molar-refractivity contribution >= 4 is 0 Å². The maximum absolute atomic E-state index is 6.11. The summed E-state index contributed by atoms with van der Waals surface area (Å²) in [5, 5.41) is 3.86. The molecule has 2 bridgehead atoms. The van der Waals surface area contributed by atoms with Gasteiger partial charge in [0.15, 0.2) is 0 Å². The molecule has 0 radical (unpaired) electrons. The van der Waals surface area contributed by atoms with Gasteiger partial charge in [-0.1, -0.05) is 26.7 Å². The Morgan fingerprint density at radius 1 is 1.35 bits per heavy atom. The first-order valence-corrected chi connectivity index (χ1v) is 7.41. The standard InChI is InChI=1S/C14H29N3/c1-3-12(4-2)9-16-14(11-15)6-8-17-7-5-13(14)10-17/h12-13,16H,3-11,15H2,1-2H3. The summed E-state index contributed by atoms with van der Waals surface area (Å²) >= 11 is 0. The summed E-state index contributed by atoms with van der Waals surface area (Å²) in [4.78, 5) is 2.59. The van der Waals surface area contributed by atoms with Gasteiger partial charge in [0.25, 0.3) is 0 Å². The van der Waals surface area contributed by atoms with E-state index >= 15 is 0 Å². The highest BCUT2D eigenvalue weighted by Gasteiger charge is 2.44. The van der Waals surface area contributed by atoms with E-state index in [4.69, 9.17) is 5.73 Å². The molecule has 3 N–H and O–H groups in total. The minimum atomic E-state index is 0.246. The Balaban J connectivity index is 1.94. The van der Waals surface area contributed by atoms with Gasteiger partial charge < -0.3 is 16.0 Å². The fourth-order valence-corrected chi connectivity index (χ4v) is 3.55. The number of nitrogens with zero attached hydrogens (tertiary/aromatic N) is 1. The van der Waals surface area contributed by atoms with Gasteiger partial charge in [0.1, 0.15) is 0 Å². The SMILES string of the molecule is CCC(CC)CNC1(CN)CCN2CCC1C2. The Hall–Kier alpha value is -0.120. The average Bonchev–Trinajstić information content (AvgIpc) is 2.78. The third kappa shape index (κ3) is 2.67. The molecule has 3 heteroatoms. The van der Waals surface area contributed by atoms with E-state index < -0.39 is 0 Å². The van der Waals surface area contributed by atoms with Crippen LogP contribution in [0.1, 0.15) is 39.5 Å². The molecule has 0 amide bonds. The van der Waals surface area contributed by atoms with E-state index in [2.05, 4.69) is 24.1 Å². The summed E-state index contributed by atoms with van der Waals surface area (Å²) in [7, 11) is 0. The Kier molecular flexibility index (Phi) is 4.45. The maximum atomic E-state index is 6.11. The molecule has 2 heterocycles. The second kappa shape index (κ2) is 5.68. The highest BCUT2D eigenvalue weighted by Crippen LogP contribution is 2.35. The number of fused-ring (bicyclic) bond motifs is 2. The molecule has 2 aliphatic heterocycles. The molecule has 0 aromatic carbocycles. The van der Waals surface area contributed by atoms with Crippen LogP contribution in [0.4, 0.5) is 0 Å². The van der Waals surface area contributed by atoms with Crippen molar-refractivity contribution in [1.82, 2.24) is 10.2 Å². The zero-order valence-electron chi connectivity index (χ0n) is 11.5. The van der Waals surface area contributed by atoms with Crippen LogP contribution in [0.3, 0.4) is 0 Å². The van der Waals surface area contributed by atoms with E-state index in [1.54, 1.807) is 0 Å². The van der Waals surface area contributed by atoms with Crippen LogP contribution in [0.25, 0.3) is 0 Å². The van der Waals surface area contributed by atoms with Gasteiger partial charge in [-0.3, -0.25) is 0 Å². The molecular formula is C14H29N3. The quantitative estimate of drug-likeness (QED) is 0.737. The molecule has 0 spiro atoms. The molecule has 0 aromatic heterocycles. The Morgan fingerprint density at radius 2 is 2.12 bits per heavy atom. The van der Waals surface area contributed by atoms with Crippen molar-refractivity contribution in [2.24, 2.45) is 17.6 Å². The van der Waals surface area contributed by atoms with Crippen molar-refractivity contribution < 1.29 is 0 Å². The maximum Gasteiger partial charge on any atom is 0.0357 e. The summed E-state index contributed by atoms with van der Waals surface area (Å²) in [6, 6.07) is 0. The van der Waals surface area contributed by atoms with E-state index in [0.717, 1.165) is 24.9 Å². The molecule has 2 fully saturated rings. The highest BCUT2D eigenvalue weighted by molar-refractivity contribution is 5.03. The molecule has 17 heavy (non-hydrogen) atoms. The molecule has 2 aliphatic rings. The molecule has 3 unspecified atom stereocenters. The third-order valence-corrected chi connectivity index (χ3v) is 5.19. The van der Waals surface area contributed by atoms with E-state index in [-0.39, 0.29) is 5.54 Å². The first-order valence-electron chi connectivity index (χ1n) is 7.41. The number of nitrogens with one attached hydrogen (secondary N) is 1. The van der Waals surface area contributed by atoms with Gasteiger partial charge in [0, 0.05) is 18.6 Å². The number of piperidine rings is 1. The normalized spacial score (nSPS) is 36.7. The lowest BCUT2D eigenvalue weighted by molar-refractivity contribution is 0.130. The van der Waals surface area contributed by atoms with Gasteiger partial charge in [0.2, 0.25) is 0 Å². The molecule has 0 aliphatic carbocycles. The van der Waals surface area contributed by atoms with Gasteiger partial charge >= 0.3 is 0 Å². The molecule has 0 aromatic rings. The van der Waals surface area contributed by atoms with Crippen molar-refractivity contribution in [1.29, 1.82) is 0 Å². The van der Waals surface area contributed by atoms with Crippen LogP contribution in [0.5, 0.6) is 0 Å². The molecule has 3 atom stereocenters. The van der Waals surface area contributed by atoms with E-state index in [1.165, 1.54) is 45.3 Å². The molecule has 3 nitrogen and oxygen atoms in total. The van der Waals surface area contributed by atoms with Crippen LogP contribution in [-0.2, 0) is 0 Å². The lowest BCUT2D eigenvalue weighted by Gasteiger charge is -2.44. The van der Waals surface area contributed by atoms with Crippen molar-refractivity contribution in [2.75, 3.05) is 32.7 Å². The van der Waals surface area contributed by atoms with Gasteiger partial charge in [-0.15, -0.1) is 0 Å². The van der Waals surface area contributed by atoms with Crippen LogP contribution in [-0.4, -0.2) is 43.2 Å². The van der Waals surface area contributed by atoms with Gasteiger partial charge in [-0.05, 0) is 44.3 Å². The van der Waals surface area contributed by atoms with Crippen molar-refractivity contribution in [2.45, 2.75) is 45.1 Å². The molecular weight excluding hydrogens is 210 g/mol. The largest absolute Gasteiger partial charge is 0.329 e. The topological polar surface area (TPSA) is 41.3 Å². The fraction of sp³-hybridized carbons (Fsp3) is 1.00. The first kappa shape index (κ1) is 13.3. The predicted molar refractivity (Wildman–Crippen MR) is 73.0 cm³/mol. The number of hydrogen-bond donors (Lipinski definition) is 2. The van der Waals surface area contributed by atoms with Crippen LogP contribution in [0, 0.1) is 11.8 Å². The number of hydrogen-bond acceptors (Lipinski definition) is 3. The molecule has 100 valence electrons. The summed E-state index contributed by atoms with van der Waals surface area (Å²) < 4.78 is 0. The second-order valence-electron chi connectivity index (χ2n) is 5.96.